The van der Waals surface area contributed by atoms with E-state index in [1.54, 1.807) is 31.2 Å². The first-order valence-electron chi connectivity index (χ1n) is 10.2. The number of hydrogen-bond donors (Lipinski definition) is 0. The Labute approximate surface area is 180 Å². The minimum atomic E-state index is 0.0442. The Kier molecular flexibility index (Phi) is 6.67. The van der Waals surface area contributed by atoms with Gasteiger partial charge in [0.25, 0.3) is 0 Å². The Morgan fingerprint density at radius 2 is 1.97 bits per heavy atom. The maximum absolute atomic E-state index is 11.3. The van der Waals surface area contributed by atoms with Crippen molar-refractivity contribution < 1.29 is 18.8 Å². The zero-order valence-corrected chi connectivity index (χ0v) is 17.7. The number of ether oxygens (including phenoxy) is 2. The first kappa shape index (κ1) is 20.8. The lowest BCUT2D eigenvalue weighted by molar-refractivity contribution is 0.00299. The molecule has 6 nitrogen and oxygen atoms in total. The summed E-state index contributed by atoms with van der Waals surface area (Å²) in [5.74, 6) is 1.15. The molecule has 0 saturated carbocycles. The predicted molar refractivity (Wildman–Crippen MR) is 115 cm³/mol. The van der Waals surface area contributed by atoms with E-state index in [-0.39, 0.29) is 12.6 Å². The van der Waals surface area contributed by atoms with E-state index in [0.29, 0.717) is 28.9 Å². The number of fused-ring (bicyclic) bond motifs is 1. The number of piperidine rings is 1. The predicted octanol–water partition coefficient (Wildman–Crippen LogP) is 4.92. The Balaban J connectivity index is 1.17. The third kappa shape index (κ3) is 5.01. The summed E-state index contributed by atoms with van der Waals surface area (Å²) in [4.78, 5) is 13.7. The quantitative estimate of drug-likeness (QED) is 0.288. The summed E-state index contributed by atoms with van der Waals surface area (Å²) in [6.45, 7) is 5.23. The molecule has 0 amide bonds. The van der Waals surface area contributed by atoms with Crippen LogP contribution in [0.4, 0.5) is 0 Å². The van der Waals surface area contributed by atoms with Crippen molar-refractivity contribution >= 4 is 28.4 Å². The van der Waals surface area contributed by atoms with Gasteiger partial charge in [0.1, 0.15) is 5.75 Å². The average Bonchev–Trinajstić information content (AvgIpc) is 3.17. The second-order valence-electron chi connectivity index (χ2n) is 7.58. The Morgan fingerprint density at radius 3 is 2.70 bits per heavy atom. The van der Waals surface area contributed by atoms with E-state index in [0.717, 1.165) is 49.1 Å². The van der Waals surface area contributed by atoms with E-state index in [2.05, 4.69) is 10.1 Å². The number of aromatic nitrogens is 1. The zero-order chi connectivity index (χ0) is 20.9. The molecule has 0 N–H and O–H groups in total. The smallest absolute Gasteiger partial charge is 0.189 e. The zero-order valence-electron chi connectivity index (χ0n) is 17.0. The molecular weight excluding hydrogens is 404 g/mol. The van der Waals surface area contributed by atoms with Gasteiger partial charge in [0.15, 0.2) is 18.2 Å². The molecule has 1 aliphatic heterocycles. The van der Waals surface area contributed by atoms with Crippen LogP contribution in [0.3, 0.4) is 0 Å². The first-order valence-corrected chi connectivity index (χ1v) is 10.6. The highest BCUT2D eigenvalue weighted by Crippen LogP contribution is 2.33. The van der Waals surface area contributed by atoms with Gasteiger partial charge in [-0.25, -0.2) is 0 Å². The second-order valence-corrected chi connectivity index (χ2v) is 8.01. The van der Waals surface area contributed by atoms with Crippen molar-refractivity contribution in [2.45, 2.75) is 25.7 Å². The molecule has 0 bridgehead atoms. The number of benzene rings is 2. The Bertz CT molecular complexity index is 994. The lowest BCUT2D eigenvalue weighted by atomic mass is 9.91. The fraction of sp³-hybridized carbons (Fsp3) is 0.391. The third-order valence-corrected chi connectivity index (χ3v) is 5.79. The summed E-state index contributed by atoms with van der Waals surface area (Å²) in [6.07, 6.45) is 2.09. The van der Waals surface area contributed by atoms with Crippen molar-refractivity contribution in [3.63, 3.8) is 0 Å². The van der Waals surface area contributed by atoms with Crippen molar-refractivity contribution in [3.05, 3.63) is 58.7 Å². The van der Waals surface area contributed by atoms with Crippen LogP contribution in [0.15, 0.2) is 47.0 Å². The molecule has 158 valence electrons. The van der Waals surface area contributed by atoms with Gasteiger partial charge in [0.05, 0.1) is 12.3 Å². The average molecular weight is 429 g/mol. The van der Waals surface area contributed by atoms with Crippen LogP contribution < -0.4 is 4.74 Å². The van der Waals surface area contributed by atoms with Crippen LogP contribution in [0.25, 0.3) is 11.0 Å². The van der Waals surface area contributed by atoms with E-state index >= 15 is 0 Å². The van der Waals surface area contributed by atoms with E-state index in [4.69, 9.17) is 25.6 Å². The highest BCUT2D eigenvalue weighted by atomic mass is 35.5. The number of hydrogen-bond acceptors (Lipinski definition) is 6. The van der Waals surface area contributed by atoms with Gasteiger partial charge >= 0.3 is 0 Å². The number of carbonyl (C=O) groups is 1. The Morgan fingerprint density at radius 1 is 1.20 bits per heavy atom. The number of ketones is 1. The molecule has 3 aromatic rings. The molecule has 0 unspecified atom stereocenters. The van der Waals surface area contributed by atoms with Gasteiger partial charge < -0.3 is 18.9 Å². The lowest BCUT2D eigenvalue weighted by Gasteiger charge is -2.30. The molecule has 0 atom stereocenters. The SMILES string of the molecule is CC(=O)c1ccc(OCOCCN2CCC(c3noc4cc(Cl)ccc34)CC2)cc1. The maximum Gasteiger partial charge on any atom is 0.189 e. The van der Waals surface area contributed by atoms with Gasteiger partial charge in [-0.15, -0.1) is 0 Å². The van der Waals surface area contributed by atoms with Gasteiger partial charge in [-0.05, 0) is 69.3 Å². The summed E-state index contributed by atoms with van der Waals surface area (Å²) in [6, 6.07) is 12.8. The minimum absolute atomic E-state index is 0.0442. The van der Waals surface area contributed by atoms with Crippen molar-refractivity contribution in [2.24, 2.45) is 0 Å². The fourth-order valence-corrected chi connectivity index (χ4v) is 3.97. The normalized spacial score (nSPS) is 15.5. The highest BCUT2D eigenvalue weighted by Gasteiger charge is 2.24. The van der Waals surface area contributed by atoms with E-state index < -0.39 is 0 Å². The maximum atomic E-state index is 11.3. The lowest BCUT2D eigenvalue weighted by Crippen LogP contribution is -2.35. The van der Waals surface area contributed by atoms with Crippen LogP contribution in [0.5, 0.6) is 5.75 Å². The van der Waals surface area contributed by atoms with E-state index in [9.17, 15) is 4.79 Å². The molecule has 0 radical (unpaired) electrons. The number of rotatable bonds is 8. The van der Waals surface area contributed by atoms with Crippen LogP contribution in [-0.4, -0.2) is 48.9 Å². The standard InChI is InChI=1S/C23H25ClN2O4/c1-16(27)17-2-5-20(6-3-17)29-15-28-13-12-26-10-8-18(9-11-26)23-21-7-4-19(24)14-22(21)30-25-23/h2-7,14,18H,8-13,15H2,1H3. The van der Waals surface area contributed by atoms with Gasteiger partial charge in [-0.3, -0.25) is 4.79 Å². The van der Waals surface area contributed by atoms with Gasteiger partial charge in [0.2, 0.25) is 0 Å². The topological polar surface area (TPSA) is 64.8 Å². The second kappa shape index (κ2) is 9.60. The van der Waals surface area contributed by atoms with Crippen LogP contribution in [-0.2, 0) is 4.74 Å². The molecule has 2 heterocycles. The van der Waals surface area contributed by atoms with Crippen LogP contribution >= 0.6 is 11.6 Å². The largest absolute Gasteiger partial charge is 0.468 e. The van der Waals surface area contributed by atoms with Crippen molar-refractivity contribution in [3.8, 4) is 5.75 Å². The van der Waals surface area contributed by atoms with Gasteiger partial charge in [-0.1, -0.05) is 16.8 Å². The molecule has 7 heteroatoms. The molecule has 1 fully saturated rings. The monoisotopic (exact) mass is 428 g/mol. The van der Waals surface area contributed by atoms with Gasteiger partial charge in [0, 0.05) is 34.5 Å². The molecule has 2 aromatic carbocycles. The van der Waals surface area contributed by atoms with Crippen LogP contribution in [0.1, 0.15) is 41.7 Å². The molecule has 1 saturated heterocycles. The molecule has 0 spiro atoms. The number of Topliss-reactive ketones (excluding diaryl/α,β-unsaturated/α-hetero) is 1. The molecule has 4 rings (SSSR count). The fourth-order valence-electron chi connectivity index (χ4n) is 3.80. The summed E-state index contributed by atoms with van der Waals surface area (Å²) >= 11 is 6.03. The third-order valence-electron chi connectivity index (χ3n) is 5.56. The number of halogens is 1. The minimum Gasteiger partial charge on any atom is -0.468 e. The number of likely N-dealkylation sites (tertiary alicyclic amines) is 1. The summed E-state index contributed by atoms with van der Waals surface area (Å²) in [5, 5.41) is 6.03. The summed E-state index contributed by atoms with van der Waals surface area (Å²) in [5.41, 5.74) is 2.47. The first-order chi connectivity index (χ1) is 14.6. The van der Waals surface area contributed by atoms with Crippen molar-refractivity contribution in [1.82, 2.24) is 10.1 Å². The van der Waals surface area contributed by atoms with Crippen LogP contribution in [0.2, 0.25) is 5.02 Å². The Hall–Kier alpha value is -2.41. The van der Waals surface area contributed by atoms with E-state index in [1.165, 1.54) is 0 Å². The number of nitrogens with zero attached hydrogens (tertiary/aromatic N) is 2. The molecular formula is C23H25ClN2O4. The highest BCUT2D eigenvalue weighted by molar-refractivity contribution is 6.31. The molecule has 30 heavy (non-hydrogen) atoms. The molecule has 0 aliphatic carbocycles. The molecule has 1 aliphatic rings. The molecule has 1 aromatic heterocycles. The van der Waals surface area contributed by atoms with Gasteiger partial charge in [-0.2, -0.15) is 0 Å². The van der Waals surface area contributed by atoms with E-state index in [1.807, 2.05) is 18.2 Å². The van der Waals surface area contributed by atoms with Crippen molar-refractivity contribution in [2.75, 3.05) is 33.0 Å². The van der Waals surface area contributed by atoms with Crippen LogP contribution in [0, 0.1) is 0 Å². The van der Waals surface area contributed by atoms with Crippen molar-refractivity contribution in [1.29, 1.82) is 0 Å². The number of carbonyl (C=O) groups excluding carboxylic acids is 1. The summed E-state index contributed by atoms with van der Waals surface area (Å²) in [7, 11) is 0. The summed E-state index contributed by atoms with van der Waals surface area (Å²) < 4.78 is 16.6.